The van der Waals surface area contributed by atoms with Gasteiger partial charge in [-0.15, -0.1) is 0 Å². The van der Waals surface area contributed by atoms with Crippen molar-refractivity contribution in [1.29, 1.82) is 0 Å². The number of allylic oxidation sites excluding steroid dienone is 7. The molecule has 486 valence electrons. The van der Waals surface area contributed by atoms with Crippen LogP contribution in [-0.4, -0.2) is 100 Å². The minimum Gasteiger partial charge on any atom is -0.466 e. The molecule has 11 nitrogen and oxygen atoms in total. The predicted molar refractivity (Wildman–Crippen MR) is 347 cm³/mol. The minimum atomic E-state index is -1.58. The number of aliphatic hydroxyl groups is 5. The fourth-order valence-electron chi connectivity index (χ4n) is 11.1. The first-order valence-electron chi connectivity index (χ1n) is 35.4. The van der Waals surface area contributed by atoms with Gasteiger partial charge in [-0.3, -0.25) is 9.59 Å². The number of unbranched alkanes of at least 4 members (excludes halogenated alkanes) is 42. The van der Waals surface area contributed by atoms with Crippen LogP contribution in [0.2, 0.25) is 0 Å². The van der Waals surface area contributed by atoms with Gasteiger partial charge in [-0.05, 0) is 77.0 Å². The molecule has 7 atom stereocenters. The number of hydrogen-bond acceptors (Lipinski definition) is 10. The van der Waals surface area contributed by atoms with Crippen LogP contribution in [0.4, 0.5) is 0 Å². The Morgan fingerprint density at radius 3 is 1.29 bits per heavy atom. The van der Waals surface area contributed by atoms with E-state index in [0.29, 0.717) is 19.4 Å². The Balaban J connectivity index is 1.93. The first-order chi connectivity index (χ1) is 40.7. The van der Waals surface area contributed by atoms with E-state index in [9.17, 15) is 35.1 Å². The van der Waals surface area contributed by atoms with Crippen molar-refractivity contribution in [1.82, 2.24) is 5.32 Å². The molecule has 0 aromatic rings. The summed E-state index contributed by atoms with van der Waals surface area (Å²) >= 11 is 0. The maximum absolute atomic E-state index is 13.0. The summed E-state index contributed by atoms with van der Waals surface area (Å²) in [6, 6.07) is -0.829. The molecule has 0 aromatic carbocycles. The van der Waals surface area contributed by atoms with E-state index in [1.54, 1.807) is 6.08 Å². The van der Waals surface area contributed by atoms with E-state index < -0.39 is 49.5 Å². The maximum Gasteiger partial charge on any atom is 0.305 e. The SMILES string of the molecule is CCCCC/C=C/CC/C=C/C(O)C(COC1OC(CO)C(O)C(O)C1O)NC(=O)CCCCCCCCCCCCC/C=C\C/C=C\CCCCCCCCCCCOC(=O)CCCCCCCCCCCCCCCCCCCCC. The monoisotopic (exact) mass is 1170 g/mol. The van der Waals surface area contributed by atoms with Crippen molar-refractivity contribution in [3.8, 4) is 0 Å². The second-order valence-corrected chi connectivity index (χ2v) is 24.6. The van der Waals surface area contributed by atoms with E-state index in [-0.39, 0.29) is 18.5 Å². The molecule has 1 heterocycles. The molecule has 0 radical (unpaired) electrons. The Morgan fingerprint density at radius 2 is 0.819 bits per heavy atom. The number of ether oxygens (including phenoxy) is 3. The normalized spacial score (nSPS) is 18.4. The molecule has 0 bridgehead atoms. The first kappa shape index (κ1) is 78.6. The van der Waals surface area contributed by atoms with Gasteiger partial charge in [-0.1, -0.05) is 294 Å². The quantitative estimate of drug-likeness (QED) is 0.0195. The lowest BCUT2D eigenvalue weighted by atomic mass is 9.99. The van der Waals surface area contributed by atoms with Crippen LogP contribution >= 0.6 is 0 Å². The molecule has 0 spiro atoms. The first-order valence-corrected chi connectivity index (χ1v) is 35.4. The molecule has 11 heteroatoms. The van der Waals surface area contributed by atoms with Crippen molar-refractivity contribution < 1.29 is 49.3 Å². The predicted octanol–water partition coefficient (Wildman–Crippen LogP) is 18.0. The number of carbonyl (C=O) groups is 2. The molecule has 6 N–H and O–H groups in total. The maximum atomic E-state index is 13.0. The van der Waals surface area contributed by atoms with Crippen molar-refractivity contribution in [2.75, 3.05) is 19.8 Å². The average molecular weight is 1170 g/mol. The third kappa shape index (κ3) is 50.3. The van der Waals surface area contributed by atoms with Crippen LogP contribution in [0.5, 0.6) is 0 Å². The Kier molecular flexibility index (Phi) is 58.0. The fourth-order valence-corrected chi connectivity index (χ4v) is 11.1. The second-order valence-electron chi connectivity index (χ2n) is 24.6. The summed E-state index contributed by atoms with van der Waals surface area (Å²) in [5.41, 5.74) is 0. The highest BCUT2D eigenvalue weighted by Gasteiger charge is 2.44. The van der Waals surface area contributed by atoms with E-state index in [2.05, 4.69) is 55.6 Å². The van der Waals surface area contributed by atoms with E-state index >= 15 is 0 Å². The zero-order valence-corrected chi connectivity index (χ0v) is 53.9. The van der Waals surface area contributed by atoms with Crippen molar-refractivity contribution in [2.45, 2.75) is 378 Å². The van der Waals surface area contributed by atoms with Crippen LogP contribution in [-0.2, 0) is 23.8 Å². The number of hydrogen-bond donors (Lipinski definition) is 6. The van der Waals surface area contributed by atoms with Gasteiger partial charge in [0.2, 0.25) is 5.91 Å². The largest absolute Gasteiger partial charge is 0.466 e. The summed E-state index contributed by atoms with van der Waals surface area (Å²) in [5, 5.41) is 54.2. The Morgan fingerprint density at radius 1 is 0.446 bits per heavy atom. The molecule has 0 saturated carbocycles. The van der Waals surface area contributed by atoms with Gasteiger partial charge in [0, 0.05) is 12.8 Å². The average Bonchev–Trinajstić information content (AvgIpc) is 3.65. The fraction of sp³-hybridized carbons (Fsp3) is 0.861. The van der Waals surface area contributed by atoms with E-state index in [0.717, 1.165) is 70.6 Å². The van der Waals surface area contributed by atoms with Gasteiger partial charge >= 0.3 is 5.97 Å². The van der Waals surface area contributed by atoms with Gasteiger partial charge in [0.15, 0.2) is 6.29 Å². The topological polar surface area (TPSA) is 175 Å². The zero-order valence-electron chi connectivity index (χ0n) is 53.9. The second kappa shape index (κ2) is 61.3. The van der Waals surface area contributed by atoms with Crippen molar-refractivity contribution in [3.05, 3.63) is 48.6 Å². The third-order valence-electron chi connectivity index (χ3n) is 16.7. The van der Waals surface area contributed by atoms with Crippen LogP contribution < -0.4 is 5.32 Å². The molecule has 83 heavy (non-hydrogen) atoms. The molecular weight excluding hydrogens is 1040 g/mol. The summed E-state index contributed by atoms with van der Waals surface area (Å²) in [4.78, 5) is 25.1. The van der Waals surface area contributed by atoms with Crippen LogP contribution in [0.25, 0.3) is 0 Å². The third-order valence-corrected chi connectivity index (χ3v) is 16.7. The summed E-state index contributed by atoms with van der Waals surface area (Å²) in [6.07, 6.45) is 69.8. The zero-order chi connectivity index (χ0) is 60.2. The molecule has 0 aromatic heterocycles. The van der Waals surface area contributed by atoms with Crippen LogP contribution in [0, 0.1) is 0 Å². The van der Waals surface area contributed by atoms with E-state index in [1.165, 1.54) is 238 Å². The van der Waals surface area contributed by atoms with Gasteiger partial charge in [0.05, 0.1) is 32.0 Å². The molecule has 1 amide bonds. The number of aliphatic hydroxyl groups excluding tert-OH is 5. The molecule has 1 saturated heterocycles. The van der Waals surface area contributed by atoms with Crippen molar-refractivity contribution >= 4 is 11.9 Å². The number of rotatable bonds is 62. The Hall–Kier alpha value is -2.38. The number of carbonyl (C=O) groups excluding carboxylic acids is 2. The van der Waals surface area contributed by atoms with Gasteiger partial charge in [0.1, 0.15) is 24.4 Å². The Bertz CT molecular complexity index is 1520. The molecular formula is C72H133NO10. The molecule has 1 aliphatic rings. The van der Waals surface area contributed by atoms with Crippen molar-refractivity contribution in [3.63, 3.8) is 0 Å². The Labute approximate surface area is 510 Å². The number of esters is 1. The summed E-state index contributed by atoms with van der Waals surface area (Å²) in [6.45, 7) is 4.30. The lowest BCUT2D eigenvalue weighted by Crippen LogP contribution is -2.60. The molecule has 1 aliphatic heterocycles. The summed E-state index contributed by atoms with van der Waals surface area (Å²) in [7, 11) is 0. The lowest BCUT2D eigenvalue weighted by molar-refractivity contribution is -0.302. The van der Waals surface area contributed by atoms with Crippen molar-refractivity contribution in [2.24, 2.45) is 0 Å². The van der Waals surface area contributed by atoms with Crippen LogP contribution in [0.15, 0.2) is 48.6 Å². The van der Waals surface area contributed by atoms with Crippen LogP contribution in [0.3, 0.4) is 0 Å². The van der Waals surface area contributed by atoms with Crippen LogP contribution in [0.1, 0.15) is 335 Å². The molecule has 1 rings (SSSR count). The van der Waals surface area contributed by atoms with Gasteiger partial charge in [0.25, 0.3) is 0 Å². The lowest BCUT2D eigenvalue weighted by Gasteiger charge is -2.40. The number of amides is 1. The summed E-state index contributed by atoms with van der Waals surface area (Å²) in [5.74, 6) is -0.192. The minimum absolute atomic E-state index is 0.00557. The highest BCUT2D eigenvalue weighted by atomic mass is 16.7. The highest BCUT2D eigenvalue weighted by molar-refractivity contribution is 5.76. The molecule has 0 aliphatic carbocycles. The summed E-state index contributed by atoms with van der Waals surface area (Å²) < 4.78 is 16.7. The molecule has 1 fully saturated rings. The van der Waals surface area contributed by atoms with Gasteiger partial charge in [-0.2, -0.15) is 0 Å². The van der Waals surface area contributed by atoms with Gasteiger partial charge < -0.3 is 45.1 Å². The number of nitrogens with one attached hydrogen (secondary N) is 1. The smallest absolute Gasteiger partial charge is 0.305 e. The standard InChI is InChI=1S/C72H133NO10/c1-3-5-7-9-11-13-14-15-16-17-27-31-34-37-40-44-48-52-56-60-68(77)81-61-57-53-49-45-41-38-35-32-29-26-24-22-20-18-19-21-23-25-28-30-33-36-39-43-47-51-55-59-67(76)73-64(65(75)58-54-50-46-42-12-10-8-6-4-2)63-82-72-71(80)70(79)69(78)66(62-74)83-72/h12,18-19,22,24,42,54,58,64-66,69-72,74-75,78-80H,3-11,13-17,20-21,23,25-41,43-53,55-57,59-63H2,1-2H3,(H,73,76)/b19-18-,24-22-,42-12+,58-54+. The van der Waals surface area contributed by atoms with Gasteiger partial charge in [-0.25, -0.2) is 0 Å². The highest BCUT2D eigenvalue weighted by Crippen LogP contribution is 2.23. The van der Waals surface area contributed by atoms with E-state index in [1.807, 2.05) is 6.08 Å². The molecule has 7 unspecified atom stereocenters. The van der Waals surface area contributed by atoms with E-state index in [4.69, 9.17) is 14.2 Å².